The van der Waals surface area contributed by atoms with Crippen molar-refractivity contribution in [3.8, 4) is 5.75 Å². The van der Waals surface area contributed by atoms with E-state index in [2.05, 4.69) is 9.58 Å². The topological polar surface area (TPSA) is 50.9 Å². The molecule has 4 nitrogen and oxygen atoms in total. The van der Waals surface area contributed by atoms with Gasteiger partial charge in [0.15, 0.2) is 0 Å². The first-order valence-corrected chi connectivity index (χ1v) is 3.58. The standard InChI is InChI=1S/C9H6FNO3/c1-11-7-3-5(9(12)13)8(14-2)4-6(7)10/h3-4H,2H3,(H,12,13). The average Bonchev–Trinajstić information content (AvgIpc) is 2.16. The smallest absolute Gasteiger partial charge is 0.338 e. The number of carboxylic acids is 1. The van der Waals surface area contributed by atoms with E-state index in [1.807, 2.05) is 0 Å². The van der Waals surface area contributed by atoms with Gasteiger partial charge in [0.25, 0.3) is 0 Å². The summed E-state index contributed by atoms with van der Waals surface area (Å²) in [6, 6.07) is 1.83. The second-order valence-corrected chi connectivity index (χ2v) is 2.42. The second kappa shape index (κ2) is 3.75. The fourth-order valence-corrected chi connectivity index (χ4v) is 0.965. The van der Waals surface area contributed by atoms with Crippen molar-refractivity contribution in [1.29, 1.82) is 0 Å². The molecule has 1 rings (SSSR count). The summed E-state index contributed by atoms with van der Waals surface area (Å²) in [5.41, 5.74) is -0.553. The lowest BCUT2D eigenvalue weighted by molar-refractivity contribution is 0.0693. The van der Waals surface area contributed by atoms with Crippen LogP contribution in [0.1, 0.15) is 10.4 Å². The lowest BCUT2D eigenvalue weighted by Crippen LogP contribution is -2.00. The van der Waals surface area contributed by atoms with Gasteiger partial charge in [0, 0.05) is 6.07 Å². The highest BCUT2D eigenvalue weighted by Gasteiger charge is 2.15. The Balaban J connectivity index is 3.42. The van der Waals surface area contributed by atoms with Gasteiger partial charge in [-0.25, -0.2) is 14.0 Å². The summed E-state index contributed by atoms with van der Waals surface area (Å²) in [7, 11) is 1.23. The number of nitrogens with zero attached hydrogens (tertiary/aromatic N) is 1. The highest BCUT2D eigenvalue weighted by molar-refractivity contribution is 5.92. The largest absolute Gasteiger partial charge is 0.496 e. The Labute approximate surface area is 79.4 Å². The van der Waals surface area contributed by atoms with E-state index >= 15 is 0 Å². The van der Waals surface area contributed by atoms with Crippen LogP contribution in [0, 0.1) is 12.4 Å². The van der Waals surface area contributed by atoms with Crippen molar-refractivity contribution >= 4 is 11.7 Å². The van der Waals surface area contributed by atoms with Crippen LogP contribution in [0.2, 0.25) is 0 Å². The van der Waals surface area contributed by atoms with Crippen LogP contribution in [0.4, 0.5) is 10.1 Å². The maximum Gasteiger partial charge on any atom is 0.338 e. The number of aromatic carboxylic acids is 1. The van der Waals surface area contributed by atoms with E-state index in [4.69, 9.17) is 11.7 Å². The molecule has 0 radical (unpaired) electrons. The second-order valence-electron chi connectivity index (χ2n) is 2.42. The van der Waals surface area contributed by atoms with E-state index < -0.39 is 11.8 Å². The Bertz CT molecular complexity index is 423. The Kier molecular flexibility index (Phi) is 2.67. The number of rotatable bonds is 2. The van der Waals surface area contributed by atoms with Gasteiger partial charge in [-0.15, -0.1) is 0 Å². The molecule has 5 heteroatoms. The predicted octanol–water partition coefficient (Wildman–Crippen LogP) is 2.08. The fourth-order valence-electron chi connectivity index (χ4n) is 0.965. The summed E-state index contributed by atoms with van der Waals surface area (Å²) in [6.07, 6.45) is 0. The highest BCUT2D eigenvalue weighted by Crippen LogP contribution is 2.27. The van der Waals surface area contributed by atoms with Crippen LogP contribution in [-0.4, -0.2) is 18.2 Å². The van der Waals surface area contributed by atoms with Crippen molar-refractivity contribution in [3.63, 3.8) is 0 Å². The quantitative estimate of drug-likeness (QED) is 0.735. The van der Waals surface area contributed by atoms with Crippen molar-refractivity contribution in [2.45, 2.75) is 0 Å². The van der Waals surface area contributed by atoms with Crippen LogP contribution in [0.5, 0.6) is 5.75 Å². The molecule has 0 atom stereocenters. The summed E-state index contributed by atoms with van der Waals surface area (Å²) in [5, 5.41) is 8.70. The van der Waals surface area contributed by atoms with Crippen molar-refractivity contribution < 1.29 is 19.0 Å². The van der Waals surface area contributed by atoms with Gasteiger partial charge in [-0.1, -0.05) is 0 Å². The maximum atomic E-state index is 13.0. The van der Waals surface area contributed by atoms with Gasteiger partial charge in [-0.05, 0) is 6.07 Å². The minimum atomic E-state index is -1.26. The minimum absolute atomic E-state index is 0.0950. The van der Waals surface area contributed by atoms with E-state index in [-0.39, 0.29) is 17.0 Å². The molecule has 0 aliphatic carbocycles. The molecule has 0 aromatic heterocycles. The first kappa shape index (κ1) is 9.99. The van der Waals surface area contributed by atoms with E-state index in [1.165, 1.54) is 7.11 Å². The fraction of sp³-hybridized carbons (Fsp3) is 0.111. The van der Waals surface area contributed by atoms with Crippen LogP contribution >= 0.6 is 0 Å². The normalized spacial score (nSPS) is 9.21. The zero-order valence-corrected chi connectivity index (χ0v) is 7.24. The molecule has 0 bridgehead atoms. The van der Waals surface area contributed by atoms with Gasteiger partial charge in [-0.3, -0.25) is 0 Å². The number of ether oxygens (including phenoxy) is 1. The average molecular weight is 195 g/mol. The summed E-state index contributed by atoms with van der Waals surface area (Å²) in [6.45, 7) is 6.60. The Hall–Kier alpha value is -2.09. The van der Waals surface area contributed by atoms with Crippen molar-refractivity contribution in [1.82, 2.24) is 0 Å². The number of carboxylic acid groups (broad SMARTS) is 1. The number of methoxy groups -OCH3 is 1. The molecular weight excluding hydrogens is 189 g/mol. The molecule has 0 saturated heterocycles. The molecule has 0 amide bonds. The van der Waals surface area contributed by atoms with Crippen LogP contribution < -0.4 is 4.74 Å². The molecule has 0 saturated carbocycles. The van der Waals surface area contributed by atoms with Crippen molar-refractivity contribution in [2.75, 3.05) is 7.11 Å². The van der Waals surface area contributed by atoms with Crippen molar-refractivity contribution in [2.24, 2.45) is 0 Å². The van der Waals surface area contributed by atoms with E-state index in [0.29, 0.717) is 0 Å². The third-order valence-electron chi connectivity index (χ3n) is 1.62. The van der Waals surface area contributed by atoms with E-state index in [9.17, 15) is 9.18 Å². The summed E-state index contributed by atoms with van der Waals surface area (Å²) in [4.78, 5) is 13.5. The summed E-state index contributed by atoms with van der Waals surface area (Å²) in [5.74, 6) is -2.14. The van der Waals surface area contributed by atoms with Gasteiger partial charge in [0.05, 0.1) is 19.2 Å². The van der Waals surface area contributed by atoms with Gasteiger partial charge in [0.2, 0.25) is 5.69 Å². The lowest BCUT2D eigenvalue weighted by atomic mass is 10.1. The number of halogens is 1. The molecule has 0 spiro atoms. The first-order valence-electron chi connectivity index (χ1n) is 3.58. The molecule has 1 aromatic rings. The Morgan fingerprint density at radius 3 is 2.71 bits per heavy atom. The Morgan fingerprint density at radius 2 is 2.29 bits per heavy atom. The van der Waals surface area contributed by atoms with Crippen molar-refractivity contribution in [3.05, 3.63) is 34.9 Å². The molecule has 0 aliphatic heterocycles. The molecule has 1 aromatic carbocycles. The molecule has 0 aliphatic rings. The SMILES string of the molecule is [C-]#[N+]c1cc(C(=O)O)c(OC)cc1F. The van der Waals surface area contributed by atoms with Crippen LogP contribution in [-0.2, 0) is 0 Å². The lowest BCUT2D eigenvalue weighted by Gasteiger charge is -2.05. The molecule has 14 heavy (non-hydrogen) atoms. The number of carbonyl (C=O) groups is 1. The van der Waals surface area contributed by atoms with Gasteiger partial charge < -0.3 is 9.84 Å². The zero-order chi connectivity index (χ0) is 10.7. The van der Waals surface area contributed by atoms with Crippen LogP contribution in [0.3, 0.4) is 0 Å². The monoisotopic (exact) mass is 195 g/mol. The summed E-state index contributed by atoms with van der Waals surface area (Å²) < 4.78 is 17.7. The molecule has 0 heterocycles. The number of hydrogen-bond acceptors (Lipinski definition) is 2. The van der Waals surface area contributed by atoms with Gasteiger partial charge in [0.1, 0.15) is 11.6 Å². The summed E-state index contributed by atoms with van der Waals surface area (Å²) >= 11 is 0. The molecule has 1 N–H and O–H groups in total. The predicted molar refractivity (Wildman–Crippen MR) is 46.2 cm³/mol. The zero-order valence-electron chi connectivity index (χ0n) is 7.24. The molecular formula is C9H6FNO3. The van der Waals surface area contributed by atoms with E-state index in [1.54, 1.807) is 0 Å². The highest BCUT2D eigenvalue weighted by atomic mass is 19.1. The van der Waals surface area contributed by atoms with Gasteiger partial charge in [-0.2, -0.15) is 0 Å². The Morgan fingerprint density at radius 1 is 1.64 bits per heavy atom. The van der Waals surface area contributed by atoms with E-state index in [0.717, 1.165) is 12.1 Å². The van der Waals surface area contributed by atoms with Crippen LogP contribution in [0.25, 0.3) is 4.85 Å². The molecule has 0 unspecified atom stereocenters. The first-order chi connectivity index (χ1) is 6.60. The van der Waals surface area contributed by atoms with Crippen LogP contribution in [0.15, 0.2) is 12.1 Å². The van der Waals surface area contributed by atoms with Gasteiger partial charge >= 0.3 is 5.97 Å². The minimum Gasteiger partial charge on any atom is -0.496 e. The molecule has 0 fully saturated rings. The third-order valence-corrected chi connectivity index (χ3v) is 1.62. The third kappa shape index (κ3) is 1.64. The number of benzene rings is 1. The number of hydrogen-bond donors (Lipinski definition) is 1. The maximum absolute atomic E-state index is 13.0. The molecule has 72 valence electrons.